The lowest BCUT2D eigenvalue weighted by Crippen LogP contribution is -2.50. The van der Waals surface area contributed by atoms with Crippen LogP contribution >= 0.6 is 0 Å². The Labute approximate surface area is 95.0 Å². The number of carbonyl (C=O) groups excluding carboxylic acids is 1. The predicted octanol–water partition coefficient (Wildman–Crippen LogP) is 0.787. The van der Waals surface area contributed by atoms with Crippen molar-refractivity contribution in [2.75, 3.05) is 19.6 Å². The number of hydrogen-bond donors (Lipinski definition) is 2. The van der Waals surface area contributed by atoms with Crippen molar-refractivity contribution in [2.24, 2.45) is 0 Å². The quantitative estimate of drug-likeness (QED) is 0.788. The molecule has 0 spiro atoms. The third kappa shape index (κ3) is 2.52. The van der Waals surface area contributed by atoms with Crippen LogP contribution in [0.5, 0.6) is 5.75 Å². The molecular formula is C12H16N2O2. The van der Waals surface area contributed by atoms with Gasteiger partial charge in [-0.05, 0) is 25.1 Å². The van der Waals surface area contributed by atoms with Gasteiger partial charge in [0.2, 0.25) is 0 Å². The van der Waals surface area contributed by atoms with E-state index in [9.17, 15) is 4.79 Å². The Morgan fingerprint density at radius 2 is 2.38 bits per heavy atom. The number of amides is 1. The lowest BCUT2D eigenvalue weighted by atomic mass is 10.2. The zero-order valence-electron chi connectivity index (χ0n) is 9.32. The van der Waals surface area contributed by atoms with Crippen molar-refractivity contribution in [1.82, 2.24) is 10.6 Å². The summed E-state index contributed by atoms with van der Waals surface area (Å²) in [5.41, 5.74) is 0.645. The fourth-order valence-electron chi connectivity index (χ4n) is 1.51. The van der Waals surface area contributed by atoms with Crippen LogP contribution in [0.1, 0.15) is 17.3 Å². The molecule has 1 aromatic rings. The Morgan fingerprint density at radius 1 is 1.56 bits per heavy atom. The molecule has 2 N–H and O–H groups in total. The smallest absolute Gasteiger partial charge is 0.251 e. The molecule has 2 rings (SSSR count). The molecular weight excluding hydrogens is 204 g/mol. The highest BCUT2D eigenvalue weighted by Gasteiger charge is 2.18. The van der Waals surface area contributed by atoms with E-state index in [2.05, 4.69) is 10.6 Å². The van der Waals surface area contributed by atoms with Gasteiger partial charge < -0.3 is 15.4 Å². The molecule has 0 saturated carbocycles. The molecule has 1 aliphatic rings. The van der Waals surface area contributed by atoms with Crippen LogP contribution < -0.4 is 15.4 Å². The standard InChI is InChI=1S/C12H16N2O2/c1-2-14-12(15)9-4-3-5-10(6-9)16-11-7-13-8-11/h3-6,11,13H,2,7-8H2,1H3,(H,14,15). The second-order valence-electron chi connectivity index (χ2n) is 3.79. The van der Waals surface area contributed by atoms with Gasteiger partial charge in [-0.1, -0.05) is 6.07 Å². The molecule has 4 heteroatoms. The third-order valence-electron chi connectivity index (χ3n) is 2.48. The Kier molecular flexibility index (Phi) is 3.41. The zero-order valence-corrected chi connectivity index (χ0v) is 9.32. The molecule has 1 amide bonds. The first-order valence-corrected chi connectivity index (χ1v) is 5.55. The van der Waals surface area contributed by atoms with Crippen molar-refractivity contribution < 1.29 is 9.53 Å². The highest BCUT2D eigenvalue weighted by molar-refractivity contribution is 5.94. The molecule has 0 unspecified atom stereocenters. The molecule has 0 bridgehead atoms. The van der Waals surface area contributed by atoms with Gasteiger partial charge in [-0.25, -0.2) is 0 Å². The van der Waals surface area contributed by atoms with Crippen molar-refractivity contribution in [3.63, 3.8) is 0 Å². The average Bonchev–Trinajstić information content (AvgIpc) is 2.24. The largest absolute Gasteiger partial charge is 0.488 e. The molecule has 1 fully saturated rings. The number of benzene rings is 1. The van der Waals surface area contributed by atoms with Crippen molar-refractivity contribution in [2.45, 2.75) is 13.0 Å². The van der Waals surface area contributed by atoms with Gasteiger partial charge in [-0.3, -0.25) is 4.79 Å². The highest BCUT2D eigenvalue weighted by atomic mass is 16.5. The van der Waals surface area contributed by atoms with Crippen LogP contribution in [0.15, 0.2) is 24.3 Å². The first kappa shape index (κ1) is 11.0. The second-order valence-corrected chi connectivity index (χ2v) is 3.79. The van der Waals surface area contributed by atoms with Crippen LogP contribution in [0.25, 0.3) is 0 Å². The summed E-state index contributed by atoms with van der Waals surface area (Å²) in [6.45, 7) is 4.30. The van der Waals surface area contributed by atoms with Crippen LogP contribution in [0.2, 0.25) is 0 Å². The van der Waals surface area contributed by atoms with Gasteiger partial charge in [-0.15, -0.1) is 0 Å². The van der Waals surface area contributed by atoms with Gasteiger partial charge in [-0.2, -0.15) is 0 Å². The van der Waals surface area contributed by atoms with E-state index in [1.54, 1.807) is 12.1 Å². The van der Waals surface area contributed by atoms with Crippen molar-refractivity contribution in [3.05, 3.63) is 29.8 Å². The summed E-state index contributed by atoms with van der Waals surface area (Å²) in [5, 5.41) is 5.90. The van der Waals surface area contributed by atoms with Gasteiger partial charge >= 0.3 is 0 Å². The normalized spacial score (nSPS) is 15.3. The van der Waals surface area contributed by atoms with E-state index in [0.29, 0.717) is 12.1 Å². The van der Waals surface area contributed by atoms with Gasteiger partial charge in [0.25, 0.3) is 5.91 Å². The van der Waals surface area contributed by atoms with E-state index in [1.165, 1.54) is 0 Å². The first-order chi connectivity index (χ1) is 7.79. The van der Waals surface area contributed by atoms with Gasteiger partial charge in [0.1, 0.15) is 11.9 Å². The van der Waals surface area contributed by atoms with Crippen LogP contribution in [0.3, 0.4) is 0 Å². The second kappa shape index (κ2) is 4.99. The van der Waals surface area contributed by atoms with Gasteiger partial charge in [0.15, 0.2) is 0 Å². The highest BCUT2D eigenvalue weighted by Crippen LogP contribution is 2.16. The van der Waals surface area contributed by atoms with Crippen molar-refractivity contribution >= 4 is 5.91 Å². The molecule has 1 aromatic carbocycles. The van der Waals surface area contributed by atoms with Crippen LogP contribution in [0, 0.1) is 0 Å². The maximum absolute atomic E-state index is 11.6. The van der Waals surface area contributed by atoms with E-state index in [0.717, 1.165) is 18.8 Å². The minimum atomic E-state index is -0.0558. The van der Waals surface area contributed by atoms with Crippen LogP contribution in [-0.2, 0) is 0 Å². The molecule has 0 radical (unpaired) electrons. The summed E-state index contributed by atoms with van der Waals surface area (Å²) >= 11 is 0. The monoisotopic (exact) mass is 220 g/mol. The maximum atomic E-state index is 11.6. The Hall–Kier alpha value is -1.55. The fourth-order valence-corrected chi connectivity index (χ4v) is 1.51. The molecule has 1 saturated heterocycles. The summed E-state index contributed by atoms with van der Waals surface area (Å²) in [5.74, 6) is 0.704. The van der Waals surface area contributed by atoms with E-state index in [4.69, 9.17) is 4.74 Å². The molecule has 0 atom stereocenters. The minimum Gasteiger partial charge on any atom is -0.488 e. The number of hydrogen-bond acceptors (Lipinski definition) is 3. The number of ether oxygens (including phenoxy) is 1. The summed E-state index contributed by atoms with van der Waals surface area (Å²) < 4.78 is 5.68. The van der Waals surface area contributed by atoms with Crippen molar-refractivity contribution in [3.8, 4) is 5.75 Å². The summed E-state index contributed by atoms with van der Waals surface area (Å²) in [6.07, 6.45) is 0.240. The Morgan fingerprint density at radius 3 is 3.00 bits per heavy atom. The maximum Gasteiger partial charge on any atom is 0.251 e. The molecule has 1 aliphatic heterocycles. The molecule has 16 heavy (non-hydrogen) atoms. The third-order valence-corrected chi connectivity index (χ3v) is 2.48. The van der Waals surface area contributed by atoms with Crippen molar-refractivity contribution in [1.29, 1.82) is 0 Å². The SMILES string of the molecule is CCNC(=O)c1cccc(OC2CNC2)c1. The minimum absolute atomic E-state index is 0.0558. The Bertz CT molecular complexity index is 375. The van der Waals surface area contributed by atoms with E-state index in [-0.39, 0.29) is 12.0 Å². The van der Waals surface area contributed by atoms with E-state index in [1.807, 2.05) is 19.1 Å². The first-order valence-electron chi connectivity index (χ1n) is 5.55. The van der Waals surface area contributed by atoms with Gasteiger partial charge in [0.05, 0.1) is 0 Å². The average molecular weight is 220 g/mol. The number of carbonyl (C=O) groups is 1. The fraction of sp³-hybridized carbons (Fsp3) is 0.417. The number of rotatable bonds is 4. The lowest BCUT2D eigenvalue weighted by Gasteiger charge is -2.27. The molecule has 86 valence electrons. The van der Waals surface area contributed by atoms with E-state index >= 15 is 0 Å². The Balaban J connectivity index is 2.03. The summed E-state index contributed by atoms with van der Waals surface area (Å²) in [7, 11) is 0. The molecule has 4 nitrogen and oxygen atoms in total. The predicted molar refractivity (Wildman–Crippen MR) is 61.7 cm³/mol. The van der Waals surface area contributed by atoms with Crippen LogP contribution in [-0.4, -0.2) is 31.6 Å². The summed E-state index contributed by atoms with van der Waals surface area (Å²) in [6, 6.07) is 7.28. The number of nitrogens with one attached hydrogen (secondary N) is 2. The van der Waals surface area contributed by atoms with Gasteiger partial charge in [0, 0.05) is 25.2 Å². The zero-order chi connectivity index (χ0) is 11.4. The summed E-state index contributed by atoms with van der Waals surface area (Å²) in [4.78, 5) is 11.6. The van der Waals surface area contributed by atoms with Crippen LogP contribution in [0.4, 0.5) is 0 Å². The molecule has 0 aromatic heterocycles. The van der Waals surface area contributed by atoms with E-state index < -0.39 is 0 Å². The topological polar surface area (TPSA) is 50.4 Å². The molecule has 1 heterocycles. The molecule has 0 aliphatic carbocycles. The lowest BCUT2D eigenvalue weighted by molar-refractivity contribution is 0.0954.